The summed E-state index contributed by atoms with van der Waals surface area (Å²) in [6.45, 7) is 4.71. The van der Waals surface area contributed by atoms with Gasteiger partial charge in [-0.15, -0.1) is 0 Å². The predicted octanol–water partition coefficient (Wildman–Crippen LogP) is 2.41. The Hall–Kier alpha value is -1.26. The summed E-state index contributed by atoms with van der Waals surface area (Å²) < 4.78 is 0. The summed E-state index contributed by atoms with van der Waals surface area (Å²) in [6.07, 6.45) is 0. The molecule has 2 N–H and O–H groups in total. The molecule has 4 heteroatoms. The van der Waals surface area contributed by atoms with E-state index in [1.54, 1.807) is 18.2 Å². The van der Waals surface area contributed by atoms with Crippen molar-refractivity contribution in [1.82, 2.24) is 0 Å². The topological polar surface area (TPSA) is 65.2 Å². The lowest BCUT2D eigenvalue weighted by atomic mass is 10.1. The molecule has 0 radical (unpaired) electrons. The Bertz CT molecular complexity index is 340. The molecule has 0 aliphatic heterocycles. The number of hydrogen-bond donors (Lipinski definition) is 2. The van der Waals surface area contributed by atoms with Crippen molar-refractivity contribution in [3.63, 3.8) is 0 Å². The molecule has 0 spiro atoms. The second-order valence-electron chi connectivity index (χ2n) is 4.14. The molecule has 0 saturated carbocycles. The molecule has 4 nitrogen and oxygen atoms in total. The molecule has 0 saturated heterocycles. The van der Waals surface area contributed by atoms with Crippen molar-refractivity contribution in [2.75, 3.05) is 6.54 Å². The highest BCUT2D eigenvalue weighted by molar-refractivity contribution is 5.43. The van der Waals surface area contributed by atoms with Crippen LogP contribution >= 0.6 is 0 Å². The van der Waals surface area contributed by atoms with E-state index in [2.05, 4.69) is 24.1 Å². The number of aliphatic hydroxyl groups excluding tert-OH is 2. The highest BCUT2D eigenvalue weighted by atomic mass is 16.3. The van der Waals surface area contributed by atoms with Crippen LogP contribution in [0.2, 0.25) is 0 Å². The van der Waals surface area contributed by atoms with Gasteiger partial charge >= 0.3 is 0 Å². The summed E-state index contributed by atoms with van der Waals surface area (Å²) in [5.41, 5.74) is 2.16. The molecule has 0 aliphatic rings. The van der Waals surface area contributed by atoms with E-state index < -0.39 is 0 Å². The minimum atomic E-state index is -0.0550. The summed E-state index contributed by atoms with van der Waals surface area (Å²) >= 11 is 0. The SMILES string of the molecule is CC(C)CN=Nc1cc(CO)cc(CO)c1. The van der Waals surface area contributed by atoms with Crippen molar-refractivity contribution in [2.45, 2.75) is 27.1 Å². The Morgan fingerprint density at radius 1 is 1.06 bits per heavy atom. The van der Waals surface area contributed by atoms with E-state index in [0.717, 1.165) is 11.1 Å². The quantitative estimate of drug-likeness (QED) is 0.751. The Morgan fingerprint density at radius 2 is 1.62 bits per heavy atom. The Labute approximate surface area is 95.7 Å². The van der Waals surface area contributed by atoms with Gasteiger partial charge in [0.25, 0.3) is 0 Å². The molecule has 0 heterocycles. The molecule has 1 aromatic carbocycles. The van der Waals surface area contributed by atoms with Crippen LogP contribution in [0.3, 0.4) is 0 Å². The maximum absolute atomic E-state index is 9.04. The van der Waals surface area contributed by atoms with Crippen molar-refractivity contribution in [1.29, 1.82) is 0 Å². The first-order valence-corrected chi connectivity index (χ1v) is 5.37. The molecule has 0 atom stereocenters. The first-order chi connectivity index (χ1) is 7.65. The van der Waals surface area contributed by atoms with E-state index in [1.807, 2.05) is 0 Å². The zero-order valence-electron chi connectivity index (χ0n) is 9.72. The maximum atomic E-state index is 9.04. The van der Waals surface area contributed by atoms with Gasteiger partial charge in [-0.05, 0) is 29.2 Å². The van der Waals surface area contributed by atoms with Gasteiger partial charge in [0, 0.05) is 0 Å². The van der Waals surface area contributed by atoms with Crippen molar-refractivity contribution < 1.29 is 10.2 Å². The molecule has 0 aromatic heterocycles. The van der Waals surface area contributed by atoms with Gasteiger partial charge in [0.05, 0.1) is 25.4 Å². The lowest BCUT2D eigenvalue weighted by Gasteiger charge is -2.03. The fourth-order valence-corrected chi connectivity index (χ4v) is 1.27. The maximum Gasteiger partial charge on any atom is 0.0859 e. The Balaban J connectivity index is 2.82. The summed E-state index contributed by atoms with van der Waals surface area (Å²) in [5, 5.41) is 26.2. The Kier molecular flexibility index (Phi) is 5.08. The van der Waals surface area contributed by atoms with Crippen LogP contribution in [0.25, 0.3) is 0 Å². The normalized spacial score (nSPS) is 11.6. The number of hydrogen-bond acceptors (Lipinski definition) is 4. The third kappa shape index (κ3) is 4.08. The van der Waals surface area contributed by atoms with Crippen LogP contribution in [0, 0.1) is 5.92 Å². The number of aliphatic hydroxyl groups is 2. The smallest absolute Gasteiger partial charge is 0.0859 e. The third-order valence-corrected chi connectivity index (χ3v) is 2.04. The van der Waals surface area contributed by atoms with E-state index in [4.69, 9.17) is 10.2 Å². The van der Waals surface area contributed by atoms with Gasteiger partial charge in [-0.1, -0.05) is 19.9 Å². The molecule has 0 bridgehead atoms. The summed E-state index contributed by atoms with van der Waals surface area (Å²) in [6, 6.07) is 5.29. The van der Waals surface area contributed by atoms with Gasteiger partial charge in [-0.25, -0.2) is 0 Å². The van der Waals surface area contributed by atoms with Crippen molar-refractivity contribution in [3.8, 4) is 0 Å². The average molecular weight is 222 g/mol. The van der Waals surface area contributed by atoms with Gasteiger partial charge < -0.3 is 10.2 Å². The van der Waals surface area contributed by atoms with E-state index in [-0.39, 0.29) is 13.2 Å². The van der Waals surface area contributed by atoms with E-state index >= 15 is 0 Å². The highest BCUT2D eigenvalue weighted by Crippen LogP contribution is 2.18. The molecule has 0 aliphatic carbocycles. The molecule has 1 rings (SSSR count). The van der Waals surface area contributed by atoms with E-state index in [0.29, 0.717) is 18.2 Å². The summed E-state index contributed by atoms with van der Waals surface area (Å²) in [7, 11) is 0. The lowest BCUT2D eigenvalue weighted by molar-refractivity contribution is 0.275. The van der Waals surface area contributed by atoms with Crippen LogP contribution < -0.4 is 0 Å². The number of nitrogens with zero attached hydrogens (tertiary/aromatic N) is 2. The zero-order chi connectivity index (χ0) is 12.0. The van der Waals surface area contributed by atoms with E-state index in [9.17, 15) is 0 Å². The molecule has 1 aromatic rings. The predicted molar refractivity (Wildman–Crippen MR) is 62.5 cm³/mol. The van der Waals surface area contributed by atoms with Crippen molar-refractivity contribution in [3.05, 3.63) is 29.3 Å². The lowest BCUT2D eigenvalue weighted by Crippen LogP contribution is -1.90. The second-order valence-corrected chi connectivity index (χ2v) is 4.14. The van der Waals surface area contributed by atoms with Crippen LogP contribution in [-0.2, 0) is 13.2 Å². The van der Waals surface area contributed by atoms with Gasteiger partial charge in [-0.3, -0.25) is 0 Å². The molecule has 16 heavy (non-hydrogen) atoms. The largest absolute Gasteiger partial charge is 0.392 e. The monoisotopic (exact) mass is 222 g/mol. The van der Waals surface area contributed by atoms with Gasteiger partial charge in [0.15, 0.2) is 0 Å². The Morgan fingerprint density at radius 3 is 2.06 bits per heavy atom. The first kappa shape index (κ1) is 12.8. The second kappa shape index (κ2) is 6.35. The van der Waals surface area contributed by atoms with Crippen LogP contribution in [0.1, 0.15) is 25.0 Å². The highest BCUT2D eigenvalue weighted by Gasteiger charge is 1.99. The third-order valence-electron chi connectivity index (χ3n) is 2.04. The molecule has 0 unspecified atom stereocenters. The fraction of sp³-hybridized carbons (Fsp3) is 0.500. The van der Waals surface area contributed by atoms with Crippen molar-refractivity contribution >= 4 is 5.69 Å². The minimum Gasteiger partial charge on any atom is -0.392 e. The van der Waals surface area contributed by atoms with Crippen LogP contribution in [0.5, 0.6) is 0 Å². The molecule has 0 fully saturated rings. The van der Waals surface area contributed by atoms with E-state index in [1.165, 1.54) is 0 Å². The van der Waals surface area contributed by atoms with Crippen LogP contribution in [-0.4, -0.2) is 16.8 Å². The van der Waals surface area contributed by atoms with Crippen molar-refractivity contribution in [2.24, 2.45) is 16.1 Å². The molecule has 88 valence electrons. The molecular weight excluding hydrogens is 204 g/mol. The number of rotatable bonds is 5. The number of benzene rings is 1. The summed E-state index contributed by atoms with van der Waals surface area (Å²) in [5.74, 6) is 0.474. The van der Waals surface area contributed by atoms with Crippen LogP contribution in [0.15, 0.2) is 28.4 Å². The standard InChI is InChI=1S/C12H18N2O2/c1-9(2)6-13-14-12-4-10(7-15)3-11(5-12)8-16/h3-5,9,15-16H,6-8H2,1-2H3. The zero-order valence-corrected chi connectivity index (χ0v) is 9.72. The van der Waals surface area contributed by atoms with Crippen LogP contribution in [0.4, 0.5) is 5.69 Å². The molecular formula is C12H18N2O2. The fourth-order valence-electron chi connectivity index (χ4n) is 1.27. The molecule has 0 amide bonds. The minimum absolute atomic E-state index is 0.0550. The van der Waals surface area contributed by atoms with Gasteiger partial charge in [-0.2, -0.15) is 10.2 Å². The number of azo groups is 1. The summed E-state index contributed by atoms with van der Waals surface area (Å²) in [4.78, 5) is 0. The van der Waals surface area contributed by atoms with Gasteiger partial charge in [0.1, 0.15) is 0 Å². The first-order valence-electron chi connectivity index (χ1n) is 5.37. The average Bonchev–Trinajstić information content (AvgIpc) is 2.28. The van der Waals surface area contributed by atoms with Gasteiger partial charge in [0.2, 0.25) is 0 Å².